The molecule has 0 unspecified atom stereocenters. The van der Waals surface area contributed by atoms with E-state index in [9.17, 15) is 9.18 Å². The number of nitrogens with zero attached hydrogens (tertiary/aromatic N) is 1. The van der Waals surface area contributed by atoms with Crippen molar-refractivity contribution in [2.45, 2.75) is 17.9 Å². The van der Waals surface area contributed by atoms with Gasteiger partial charge in [-0.1, -0.05) is 24.3 Å². The molecule has 2 aromatic rings. The van der Waals surface area contributed by atoms with Crippen LogP contribution in [0.3, 0.4) is 0 Å². The maximum atomic E-state index is 12.8. The Labute approximate surface area is 140 Å². The van der Waals surface area contributed by atoms with Crippen molar-refractivity contribution in [3.8, 4) is 0 Å². The Morgan fingerprint density at radius 2 is 1.70 bits per heavy atom. The van der Waals surface area contributed by atoms with Gasteiger partial charge in [-0.15, -0.1) is 11.8 Å². The molecule has 122 valence electrons. The van der Waals surface area contributed by atoms with E-state index in [1.807, 2.05) is 18.4 Å². The smallest absolute Gasteiger partial charge is 0.317 e. The van der Waals surface area contributed by atoms with E-state index >= 15 is 0 Å². The van der Waals surface area contributed by atoms with Gasteiger partial charge in [-0.3, -0.25) is 0 Å². The third-order valence-corrected chi connectivity index (χ3v) is 4.27. The average Bonchev–Trinajstić information content (AvgIpc) is 2.57. The monoisotopic (exact) mass is 332 g/mol. The molecular formula is C18H21FN2OS. The Hall–Kier alpha value is -2.01. The Bertz CT molecular complexity index is 628. The average molecular weight is 332 g/mol. The Morgan fingerprint density at radius 3 is 2.30 bits per heavy atom. The van der Waals surface area contributed by atoms with Gasteiger partial charge in [0.25, 0.3) is 0 Å². The normalized spacial score (nSPS) is 10.4. The fraction of sp³-hybridized carbons (Fsp3) is 0.278. The minimum absolute atomic E-state index is 0.110. The quantitative estimate of drug-likeness (QED) is 0.813. The minimum atomic E-state index is -0.245. The third kappa shape index (κ3) is 5.60. The second kappa shape index (κ2) is 8.58. The first-order chi connectivity index (χ1) is 11.1. The zero-order chi connectivity index (χ0) is 16.7. The van der Waals surface area contributed by atoms with Crippen LogP contribution in [0.1, 0.15) is 11.1 Å². The van der Waals surface area contributed by atoms with Gasteiger partial charge in [0.2, 0.25) is 0 Å². The van der Waals surface area contributed by atoms with E-state index in [2.05, 4.69) is 17.4 Å². The third-order valence-electron chi connectivity index (χ3n) is 3.53. The number of thioether (sulfide) groups is 1. The fourth-order valence-corrected chi connectivity index (χ4v) is 2.58. The zero-order valence-electron chi connectivity index (χ0n) is 13.4. The molecule has 0 aliphatic rings. The summed E-state index contributed by atoms with van der Waals surface area (Å²) in [6.45, 7) is 1.09. The molecule has 0 heterocycles. The van der Waals surface area contributed by atoms with E-state index in [1.54, 1.807) is 35.8 Å². The highest BCUT2D eigenvalue weighted by atomic mass is 32.2. The lowest BCUT2D eigenvalue weighted by atomic mass is 10.1. The zero-order valence-corrected chi connectivity index (χ0v) is 14.2. The van der Waals surface area contributed by atoms with Crippen molar-refractivity contribution >= 4 is 17.8 Å². The van der Waals surface area contributed by atoms with Gasteiger partial charge < -0.3 is 10.2 Å². The van der Waals surface area contributed by atoms with Gasteiger partial charge in [-0.25, -0.2) is 9.18 Å². The van der Waals surface area contributed by atoms with Crippen LogP contribution >= 0.6 is 11.8 Å². The number of nitrogens with one attached hydrogen (secondary N) is 1. The van der Waals surface area contributed by atoms with Gasteiger partial charge in [-0.05, 0) is 48.1 Å². The maximum Gasteiger partial charge on any atom is 0.317 e. The predicted octanol–water partition coefficient (Wildman–Crippen LogP) is 3.93. The highest BCUT2D eigenvalue weighted by molar-refractivity contribution is 7.98. The van der Waals surface area contributed by atoms with Crippen molar-refractivity contribution in [2.75, 3.05) is 19.8 Å². The van der Waals surface area contributed by atoms with Crippen LogP contribution in [-0.2, 0) is 13.0 Å². The van der Waals surface area contributed by atoms with Crippen LogP contribution in [0.2, 0.25) is 0 Å². The van der Waals surface area contributed by atoms with E-state index in [0.717, 1.165) is 11.1 Å². The number of rotatable bonds is 6. The second-order valence-corrected chi connectivity index (χ2v) is 6.19. The van der Waals surface area contributed by atoms with Crippen molar-refractivity contribution < 1.29 is 9.18 Å². The summed E-state index contributed by atoms with van der Waals surface area (Å²) >= 11 is 1.70. The molecule has 0 fully saturated rings. The lowest BCUT2D eigenvalue weighted by molar-refractivity contribution is 0.207. The number of carbonyl (C=O) groups excluding carboxylic acids is 1. The first-order valence-electron chi connectivity index (χ1n) is 7.45. The molecule has 0 radical (unpaired) electrons. The molecular weight excluding hydrogens is 311 g/mol. The van der Waals surface area contributed by atoms with Gasteiger partial charge in [0.1, 0.15) is 5.82 Å². The van der Waals surface area contributed by atoms with Crippen molar-refractivity contribution in [1.29, 1.82) is 0 Å². The molecule has 2 aromatic carbocycles. The number of hydrogen-bond donors (Lipinski definition) is 1. The summed E-state index contributed by atoms with van der Waals surface area (Å²) in [7, 11) is 1.77. The summed E-state index contributed by atoms with van der Waals surface area (Å²) in [5.41, 5.74) is 2.10. The molecule has 2 rings (SSSR count). The van der Waals surface area contributed by atoms with Gasteiger partial charge in [-0.2, -0.15) is 0 Å². The summed E-state index contributed by atoms with van der Waals surface area (Å²) < 4.78 is 12.8. The summed E-state index contributed by atoms with van der Waals surface area (Å²) in [4.78, 5) is 14.9. The molecule has 0 saturated carbocycles. The van der Waals surface area contributed by atoms with Crippen LogP contribution in [0.5, 0.6) is 0 Å². The molecule has 23 heavy (non-hydrogen) atoms. The van der Waals surface area contributed by atoms with Crippen LogP contribution in [0.15, 0.2) is 53.4 Å². The van der Waals surface area contributed by atoms with E-state index < -0.39 is 0 Å². The van der Waals surface area contributed by atoms with E-state index in [4.69, 9.17) is 0 Å². The Kier molecular flexibility index (Phi) is 6.47. The van der Waals surface area contributed by atoms with Crippen molar-refractivity contribution in [3.05, 3.63) is 65.5 Å². The fourth-order valence-electron chi connectivity index (χ4n) is 2.18. The van der Waals surface area contributed by atoms with Crippen LogP contribution in [0.4, 0.5) is 9.18 Å². The number of carbonyl (C=O) groups is 1. The molecule has 0 atom stereocenters. The van der Waals surface area contributed by atoms with Gasteiger partial charge in [0, 0.05) is 25.0 Å². The van der Waals surface area contributed by atoms with Gasteiger partial charge in [0.15, 0.2) is 0 Å². The van der Waals surface area contributed by atoms with Crippen molar-refractivity contribution in [3.63, 3.8) is 0 Å². The molecule has 5 heteroatoms. The lowest BCUT2D eigenvalue weighted by Gasteiger charge is -2.18. The lowest BCUT2D eigenvalue weighted by Crippen LogP contribution is -2.37. The topological polar surface area (TPSA) is 32.3 Å². The van der Waals surface area contributed by atoms with Crippen molar-refractivity contribution in [1.82, 2.24) is 10.2 Å². The van der Waals surface area contributed by atoms with Crippen LogP contribution in [0, 0.1) is 5.82 Å². The van der Waals surface area contributed by atoms with E-state index in [1.165, 1.54) is 17.0 Å². The summed E-state index contributed by atoms with van der Waals surface area (Å²) in [6, 6.07) is 14.4. The summed E-state index contributed by atoms with van der Waals surface area (Å²) in [5, 5.41) is 2.88. The molecule has 3 nitrogen and oxygen atoms in total. The highest BCUT2D eigenvalue weighted by Crippen LogP contribution is 2.15. The molecule has 2 amide bonds. The Balaban J connectivity index is 1.76. The number of amides is 2. The molecule has 0 aliphatic carbocycles. The molecule has 0 bridgehead atoms. The molecule has 1 N–H and O–H groups in total. The SMILES string of the molecule is CSc1ccc(CN(C)C(=O)NCCc2ccc(F)cc2)cc1. The summed E-state index contributed by atoms with van der Waals surface area (Å²) in [5.74, 6) is -0.245. The molecule has 0 spiro atoms. The Morgan fingerprint density at radius 1 is 1.09 bits per heavy atom. The summed E-state index contributed by atoms with van der Waals surface area (Å²) in [6.07, 6.45) is 2.72. The maximum absolute atomic E-state index is 12.8. The van der Waals surface area contributed by atoms with Crippen molar-refractivity contribution in [2.24, 2.45) is 0 Å². The standard InChI is InChI=1S/C18H21FN2OS/c1-21(13-15-5-9-17(23-2)10-6-15)18(22)20-12-11-14-3-7-16(19)8-4-14/h3-10H,11-13H2,1-2H3,(H,20,22). The molecule has 0 aliphatic heterocycles. The number of hydrogen-bond acceptors (Lipinski definition) is 2. The predicted molar refractivity (Wildman–Crippen MR) is 93.2 cm³/mol. The number of benzene rings is 2. The minimum Gasteiger partial charge on any atom is -0.338 e. The molecule has 0 aromatic heterocycles. The van der Waals surface area contributed by atoms with Crippen LogP contribution < -0.4 is 5.32 Å². The number of urea groups is 1. The van der Waals surface area contributed by atoms with E-state index in [0.29, 0.717) is 19.5 Å². The van der Waals surface area contributed by atoms with Gasteiger partial charge >= 0.3 is 6.03 Å². The first-order valence-corrected chi connectivity index (χ1v) is 8.67. The van der Waals surface area contributed by atoms with Crippen LogP contribution in [0.25, 0.3) is 0 Å². The largest absolute Gasteiger partial charge is 0.338 e. The van der Waals surface area contributed by atoms with Crippen LogP contribution in [-0.4, -0.2) is 30.8 Å². The highest BCUT2D eigenvalue weighted by Gasteiger charge is 2.08. The van der Waals surface area contributed by atoms with E-state index in [-0.39, 0.29) is 11.8 Å². The molecule has 0 saturated heterocycles. The number of halogens is 1. The van der Waals surface area contributed by atoms with Gasteiger partial charge in [0.05, 0.1) is 0 Å². The second-order valence-electron chi connectivity index (χ2n) is 5.31. The first kappa shape index (κ1) is 17.3.